The molecule has 0 atom stereocenters. The summed E-state index contributed by atoms with van der Waals surface area (Å²) in [6.07, 6.45) is 4.86. The van der Waals surface area contributed by atoms with Crippen LogP contribution >= 0.6 is 11.3 Å². The summed E-state index contributed by atoms with van der Waals surface area (Å²) in [5.74, 6) is 0. The molecule has 1 heterocycles. The number of nitriles is 1. The van der Waals surface area contributed by atoms with Crippen LogP contribution in [0.3, 0.4) is 0 Å². The lowest BCUT2D eigenvalue weighted by Gasteiger charge is -2.41. The van der Waals surface area contributed by atoms with Crippen molar-refractivity contribution in [3.63, 3.8) is 0 Å². The summed E-state index contributed by atoms with van der Waals surface area (Å²) in [6, 6.07) is 6.23. The van der Waals surface area contributed by atoms with Gasteiger partial charge in [-0.15, -0.1) is 11.3 Å². The fourth-order valence-corrected chi connectivity index (χ4v) is 3.26. The largest absolute Gasteiger partial charge is 0.330 e. The van der Waals surface area contributed by atoms with Crippen LogP contribution in [0.1, 0.15) is 35.4 Å². The second kappa shape index (κ2) is 3.72. The molecule has 1 aliphatic carbocycles. The molecule has 1 saturated carbocycles. The van der Waals surface area contributed by atoms with E-state index in [0.29, 0.717) is 5.41 Å². The van der Waals surface area contributed by atoms with E-state index >= 15 is 0 Å². The molecule has 0 spiro atoms. The maximum Gasteiger partial charge on any atom is 0.110 e. The summed E-state index contributed by atoms with van der Waals surface area (Å²) in [6.45, 7) is 0.750. The van der Waals surface area contributed by atoms with Crippen molar-refractivity contribution >= 4 is 11.3 Å². The Morgan fingerprint density at radius 2 is 2.29 bits per heavy atom. The lowest BCUT2D eigenvalue weighted by atomic mass is 9.66. The van der Waals surface area contributed by atoms with Gasteiger partial charge in [-0.1, -0.05) is 6.42 Å². The molecular formula is C11H14N2S. The molecule has 2 rings (SSSR count). The fourth-order valence-electron chi connectivity index (χ4n) is 2.18. The molecule has 2 N–H and O–H groups in total. The Hall–Kier alpha value is -0.850. The van der Waals surface area contributed by atoms with Crippen LogP contribution in [0.15, 0.2) is 12.1 Å². The Bertz CT molecular complexity index is 358. The standard InChI is InChI=1S/C11H14N2S/c12-7-6-11(4-1-5-11)10-3-2-9(8-13)14-10/h2-3H,1,4-7,12H2. The molecule has 0 bridgehead atoms. The van der Waals surface area contributed by atoms with Gasteiger partial charge in [-0.05, 0) is 37.9 Å². The summed E-state index contributed by atoms with van der Waals surface area (Å²) in [5, 5.41) is 8.77. The van der Waals surface area contributed by atoms with Crippen molar-refractivity contribution in [3.05, 3.63) is 21.9 Å². The zero-order valence-corrected chi connectivity index (χ0v) is 8.94. The molecular weight excluding hydrogens is 192 g/mol. The van der Waals surface area contributed by atoms with E-state index in [1.165, 1.54) is 24.1 Å². The van der Waals surface area contributed by atoms with Gasteiger partial charge in [0.1, 0.15) is 10.9 Å². The smallest absolute Gasteiger partial charge is 0.110 e. The maximum atomic E-state index is 8.77. The van der Waals surface area contributed by atoms with Gasteiger partial charge in [0.05, 0.1) is 0 Å². The lowest BCUT2D eigenvalue weighted by Crippen LogP contribution is -2.35. The molecule has 74 valence electrons. The highest BCUT2D eigenvalue weighted by Crippen LogP contribution is 2.48. The summed E-state index contributed by atoms with van der Waals surface area (Å²) >= 11 is 1.64. The molecule has 0 aliphatic heterocycles. The van der Waals surface area contributed by atoms with E-state index in [2.05, 4.69) is 12.1 Å². The van der Waals surface area contributed by atoms with Crippen LogP contribution < -0.4 is 5.73 Å². The summed E-state index contributed by atoms with van der Waals surface area (Å²) in [7, 11) is 0. The normalized spacial score (nSPS) is 18.6. The molecule has 1 aliphatic rings. The minimum Gasteiger partial charge on any atom is -0.330 e. The molecule has 1 fully saturated rings. The minimum atomic E-state index is 0.328. The molecule has 0 radical (unpaired) electrons. The Labute approximate surface area is 88.4 Å². The SMILES string of the molecule is N#Cc1ccc(C2(CCN)CCC2)s1. The van der Waals surface area contributed by atoms with Crippen molar-refractivity contribution in [3.8, 4) is 6.07 Å². The average molecular weight is 206 g/mol. The molecule has 14 heavy (non-hydrogen) atoms. The second-order valence-corrected chi connectivity index (χ2v) is 5.03. The van der Waals surface area contributed by atoms with Crippen LogP contribution in [0.5, 0.6) is 0 Å². The van der Waals surface area contributed by atoms with E-state index in [0.717, 1.165) is 17.8 Å². The molecule has 2 nitrogen and oxygen atoms in total. The topological polar surface area (TPSA) is 49.8 Å². The first kappa shape index (κ1) is 9.70. The van der Waals surface area contributed by atoms with Crippen LogP contribution in [0.25, 0.3) is 0 Å². The quantitative estimate of drug-likeness (QED) is 0.825. The van der Waals surface area contributed by atoms with Gasteiger partial charge in [-0.2, -0.15) is 5.26 Å². The van der Waals surface area contributed by atoms with Crippen molar-refractivity contribution in [2.45, 2.75) is 31.1 Å². The van der Waals surface area contributed by atoms with Gasteiger partial charge in [0, 0.05) is 10.3 Å². The summed E-state index contributed by atoms with van der Waals surface area (Å²) < 4.78 is 0. The van der Waals surface area contributed by atoms with Gasteiger partial charge in [0.15, 0.2) is 0 Å². The van der Waals surface area contributed by atoms with Crippen molar-refractivity contribution in [1.82, 2.24) is 0 Å². The van der Waals surface area contributed by atoms with Crippen molar-refractivity contribution in [1.29, 1.82) is 5.26 Å². The molecule has 1 aromatic rings. The minimum absolute atomic E-state index is 0.328. The van der Waals surface area contributed by atoms with Crippen molar-refractivity contribution < 1.29 is 0 Å². The number of nitrogens with zero attached hydrogens (tertiary/aromatic N) is 1. The summed E-state index contributed by atoms with van der Waals surface area (Å²) in [4.78, 5) is 2.19. The van der Waals surface area contributed by atoms with Crippen LogP contribution in [0.2, 0.25) is 0 Å². The Kier molecular flexibility index (Phi) is 2.58. The van der Waals surface area contributed by atoms with E-state index < -0.39 is 0 Å². The van der Waals surface area contributed by atoms with Crippen LogP contribution in [-0.2, 0) is 5.41 Å². The summed E-state index contributed by atoms with van der Waals surface area (Å²) in [5.41, 5.74) is 5.97. The molecule has 0 saturated heterocycles. The van der Waals surface area contributed by atoms with Gasteiger partial charge in [-0.3, -0.25) is 0 Å². The van der Waals surface area contributed by atoms with Gasteiger partial charge in [-0.25, -0.2) is 0 Å². The highest BCUT2D eigenvalue weighted by atomic mass is 32.1. The van der Waals surface area contributed by atoms with Gasteiger partial charge >= 0.3 is 0 Å². The van der Waals surface area contributed by atoms with E-state index in [1.807, 2.05) is 6.07 Å². The van der Waals surface area contributed by atoms with E-state index in [4.69, 9.17) is 11.0 Å². The van der Waals surface area contributed by atoms with Crippen LogP contribution in [0, 0.1) is 11.3 Å². The number of rotatable bonds is 3. The Balaban J connectivity index is 2.23. The first-order valence-corrected chi connectivity index (χ1v) is 5.83. The zero-order valence-electron chi connectivity index (χ0n) is 8.12. The number of thiophene rings is 1. The molecule has 0 unspecified atom stereocenters. The predicted octanol–water partition coefficient (Wildman–Crippen LogP) is 2.39. The monoisotopic (exact) mass is 206 g/mol. The third kappa shape index (κ3) is 1.45. The van der Waals surface area contributed by atoms with Gasteiger partial charge in [0.25, 0.3) is 0 Å². The number of hydrogen-bond acceptors (Lipinski definition) is 3. The highest BCUT2D eigenvalue weighted by Gasteiger charge is 2.38. The highest BCUT2D eigenvalue weighted by molar-refractivity contribution is 7.12. The third-order valence-electron chi connectivity index (χ3n) is 3.17. The van der Waals surface area contributed by atoms with Gasteiger partial charge in [0.2, 0.25) is 0 Å². The second-order valence-electron chi connectivity index (χ2n) is 3.95. The number of hydrogen-bond donors (Lipinski definition) is 1. The Morgan fingerprint density at radius 3 is 2.71 bits per heavy atom. The number of nitrogens with two attached hydrogens (primary N) is 1. The molecule has 3 heteroatoms. The molecule has 0 amide bonds. The molecule has 0 aromatic carbocycles. The zero-order chi connectivity index (χ0) is 10.0. The third-order valence-corrected chi connectivity index (χ3v) is 4.41. The van der Waals surface area contributed by atoms with Crippen LogP contribution in [-0.4, -0.2) is 6.54 Å². The average Bonchev–Trinajstić information content (AvgIpc) is 2.59. The van der Waals surface area contributed by atoms with Crippen LogP contribution in [0.4, 0.5) is 0 Å². The van der Waals surface area contributed by atoms with E-state index in [9.17, 15) is 0 Å². The fraction of sp³-hybridized carbons (Fsp3) is 0.545. The van der Waals surface area contributed by atoms with Crippen molar-refractivity contribution in [2.24, 2.45) is 5.73 Å². The van der Waals surface area contributed by atoms with E-state index in [-0.39, 0.29) is 0 Å². The lowest BCUT2D eigenvalue weighted by molar-refractivity contribution is 0.235. The van der Waals surface area contributed by atoms with Gasteiger partial charge < -0.3 is 5.73 Å². The molecule has 1 aromatic heterocycles. The predicted molar refractivity (Wildman–Crippen MR) is 58.2 cm³/mol. The maximum absolute atomic E-state index is 8.77. The van der Waals surface area contributed by atoms with E-state index in [1.54, 1.807) is 11.3 Å². The Morgan fingerprint density at radius 1 is 1.50 bits per heavy atom. The first-order valence-electron chi connectivity index (χ1n) is 5.01. The van der Waals surface area contributed by atoms with Crippen molar-refractivity contribution in [2.75, 3.05) is 6.54 Å². The first-order chi connectivity index (χ1) is 6.80.